The Morgan fingerprint density at radius 2 is 1.96 bits per heavy atom. The highest BCUT2D eigenvalue weighted by Crippen LogP contribution is 2.38. The van der Waals surface area contributed by atoms with Crippen LogP contribution in [0.1, 0.15) is 25.7 Å². The zero-order chi connectivity index (χ0) is 16.1. The molecule has 1 aromatic carbocycles. The Kier molecular flexibility index (Phi) is 3.21. The number of carbonyl (C=O) groups excluding carboxylic acids is 1. The lowest BCUT2D eigenvalue weighted by Gasteiger charge is -2.52. The van der Waals surface area contributed by atoms with Gasteiger partial charge in [0.25, 0.3) is 0 Å². The topological polar surface area (TPSA) is 49.3 Å². The van der Waals surface area contributed by atoms with Gasteiger partial charge >= 0.3 is 0 Å². The van der Waals surface area contributed by atoms with Crippen LogP contribution in [-0.4, -0.2) is 46.5 Å². The third-order valence-corrected chi connectivity index (χ3v) is 5.94. The number of anilines is 1. The summed E-state index contributed by atoms with van der Waals surface area (Å²) in [6.45, 7) is 2.91. The maximum atomic E-state index is 12.2. The van der Waals surface area contributed by atoms with E-state index in [1.54, 1.807) is 0 Å². The molecule has 124 valence electrons. The van der Waals surface area contributed by atoms with Crippen LogP contribution in [-0.2, 0) is 4.79 Å². The predicted molar refractivity (Wildman–Crippen MR) is 92.7 cm³/mol. The van der Waals surface area contributed by atoms with E-state index in [4.69, 9.17) is 4.98 Å². The van der Waals surface area contributed by atoms with Crippen LogP contribution in [0, 0.1) is 11.8 Å². The Bertz CT molecular complexity index is 792. The molecule has 0 radical (unpaired) electrons. The smallest absolute Gasteiger partial charge is 0.222 e. The summed E-state index contributed by atoms with van der Waals surface area (Å²) in [6, 6.07) is 8.48. The van der Waals surface area contributed by atoms with Gasteiger partial charge in [-0.2, -0.15) is 0 Å². The van der Waals surface area contributed by atoms with Gasteiger partial charge in [-0.3, -0.25) is 9.78 Å². The molecular weight excluding hydrogens is 300 g/mol. The highest BCUT2D eigenvalue weighted by atomic mass is 16.2. The van der Waals surface area contributed by atoms with E-state index in [-0.39, 0.29) is 0 Å². The number of rotatable bonds is 1. The van der Waals surface area contributed by atoms with Crippen molar-refractivity contribution in [2.24, 2.45) is 11.8 Å². The Morgan fingerprint density at radius 1 is 1.08 bits per heavy atom. The molecule has 24 heavy (non-hydrogen) atoms. The molecule has 4 heterocycles. The minimum Gasteiger partial charge on any atom is -0.355 e. The van der Waals surface area contributed by atoms with E-state index in [1.807, 2.05) is 30.5 Å². The van der Waals surface area contributed by atoms with Gasteiger partial charge < -0.3 is 9.80 Å². The fraction of sp³-hybridized carbons (Fsp3) is 0.526. The van der Waals surface area contributed by atoms with Crippen LogP contribution in [0.15, 0.2) is 30.5 Å². The minimum atomic E-state index is 0.375. The molecule has 5 rings (SSSR count). The predicted octanol–water partition coefficient (Wildman–Crippen LogP) is 2.47. The third kappa shape index (κ3) is 2.26. The van der Waals surface area contributed by atoms with Crippen LogP contribution >= 0.6 is 0 Å². The molecule has 3 atom stereocenters. The molecule has 3 aliphatic rings. The van der Waals surface area contributed by atoms with Gasteiger partial charge in [-0.25, -0.2) is 4.98 Å². The van der Waals surface area contributed by atoms with E-state index in [2.05, 4.69) is 14.8 Å². The molecule has 3 aliphatic heterocycles. The normalized spacial score (nSPS) is 29.7. The van der Waals surface area contributed by atoms with Crippen molar-refractivity contribution < 1.29 is 4.79 Å². The first-order chi connectivity index (χ1) is 11.8. The van der Waals surface area contributed by atoms with Gasteiger partial charge in [0, 0.05) is 32.1 Å². The summed E-state index contributed by atoms with van der Waals surface area (Å²) in [4.78, 5) is 26.2. The Balaban J connectivity index is 1.43. The lowest BCUT2D eigenvalue weighted by atomic mass is 9.76. The summed E-state index contributed by atoms with van der Waals surface area (Å²) in [6.07, 6.45) is 6.13. The highest BCUT2D eigenvalue weighted by Gasteiger charge is 2.44. The van der Waals surface area contributed by atoms with Gasteiger partial charge in [0.05, 0.1) is 17.2 Å². The minimum absolute atomic E-state index is 0.375. The van der Waals surface area contributed by atoms with Crippen molar-refractivity contribution in [3.63, 3.8) is 0 Å². The van der Waals surface area contributed by atoms with E-state index >= 15 is 0 Å². The van der Waals surface area contributed by atoms with Crippen LogP contribution in [0.4, 0.5) is 5.82 Å². The summed E-state index contributed by atoms with van der Waals surface area (Å²) in [5, 5.41) is 0. The average Bonchev–Trinajstić information content (AvgIpc) is 2.62. The molecule has 2 bridgehead atoms. The number of amides is 1. The van der Waals surface area contributed by atoms with Gasteiger partial charge in [0.2, 0.25) is 5.91 Å². The van der Waals surface area contributed by atoms with Crippen LogP contribution in [0.3, 0.4) is 0 Å². The van der Waals surface area contributed by atoms with Crippen LogP contribution < -0.4 is 4.90 Å². The molecule has 5 heteroatoms. The molecule has 1 amide bonds. The Morgan fingerprint density at radius 3 is 2.88 bits per heavy atom. The number of hydrogen-bond donors (Lipinski definition) is 0. The maximum Gasteiger partial charge on any atom is 0.222 e. The van der Waals surface area contributed by atoms with E-state index in [1.165, 1.54) is 12.8 Å². The quantitative estimate of drug-likeness (QED) is 0.809. The summed E-state index contributed by atoms with van der Waals surface area (Å²) in [7, 11) is 0. The summed E-state index contributed by atoms with van der Waals surface area (Å²) in [5.74, 6) is 2.50. The van der Waals surface area contributed by atoms with Crippen molar-refractivity contribution in [1.29, 1.82) is 0 Å². The number of benzene rings is 1. The molecule has 3 fully saturated rings. The van der Waals surface area contributed by atoms with E-state index in [0.717, 1.165) is 49.3 Å². The molecule has 0 spiro atoms. The lowest BCUT2D eigenvalue weighted by Crippen LogP contribution is -2.60. The van der Waals surface area contributed by atoms with E-state index in [9.17, 15) is 4.79 Å². The fourth-order valence-electron chi connectivity index (χ4n) is 4.90. The number of fused-ring (bicyclic) bond motifs is 5. The van der Waals surface area contributed by atoms with Crippen molar-refractivity contribution >= 4 is 22.8 Å². The number of nitrogens with zero attached hydrogens (tertiary/aromatic N) is 4. The zero-order valence-electron chi connectivity index (χ0n) is 13.8. The molecular formula is C19H22N4O. The summed E-state index contributed by atoms with van der Waals surface area (Å²) >= 11 is 0. The van der Waals surface area contributed by atoms with E-state index < -0.39 is 0 Å². The summed E-state index contributed by atoms with van der Waals surface area (Å²) < 4.78 is 0. The SMILES string of the molecule is O=C1CCC[C@H]2C3CC(CN(c4cnc5ccccc5n4)C3)CN12. The molecule has 5 nitrogen and oxygen atoms in total. The largest absolute Gasteiger partial charge is 0.355 e. The number of para-hydroxylation sites is 2. The van der Waals surface area contributed by atoms with Crippen molar-refractivity contribution in [1.82, 2.24) is 14.9 Å². The summed E-state index contributed by atoms with van der Waals surface area (Å²) in [5.41, 5.74) is 1.91. The third-order valence-electron chi connectivity index (χ3n) is 5.94. The zero-order valence-corrected chi connectivity index (χ0v) is 13.8. The number of piperidine rings is 3. The molecule has 1 aromatic heterocycles. The standard InChI is InChI=1S/C19H22N4O/c24-19-7-3-6-17-14-8-13(11-23(17)19)10-22(12-14)18-9-20-15-4-1-2-5-16(15)21-18/h1-2,4-5,9,13-14,17H,3,6-8,10-12H2/t13?,14?,17-/m0/s1. The maximum absolute atomic E-state index is 12.2. The Hall–Kier alpha value is -2.17. The van der Waals surface area contributed by atoms with Gasteiger partial charge in [-0.1, -0.05) is 12.1 Å². The van der Waals surface area contributed by atoms with Crippen molar-refractivity contribution in [3.05, 3.63) is 30.5 Å². The van der Waals surface area contributed by atoms with Crippen LogP contribution in [0.2, 0.25) is 0 Å². The van der Waals surface area contributed by atoms with Gasteiger partial charge in [0.15, 0.2) is 0 Å². The van der Waals surface area contributed by atoms with Crippen molar-refractivity contribution in [3.8, 4) is 0 Å². The lowest BCUT2D eigenvalue weighted by molar-refractivity contribution is -0.142. The highest BCUT2D eigenvalue weighted by molar-refractivity contribution is 5.78. The number of carbonyl (C=O) groups is 1. The van der Waals surface area contributed by atoms with Gasteiger partial charge in [0.1, 0.15) is 5.82 Å². The first-order valence-electron chi connectivity index (χ1n) is 9.04. The second-order valence-corrected chi connectivity index (χ2v) is 7.49. The number of hydrogen-bond acceptors (Lipinski definition) is 4. The second-order valence-electron chi connectivity index (χ2n) is 7.49. The molecule has 2 unspecified atom stereocenters. The molecule has 3 saturated heterocycles. The average molecular weight is 322 g/mol. The molecule has 0 saturated carbocycles. The molecule has 0 N–H and O–H groups in total. The molecule has 2 aromatic rings. The van der Waals surface area contributed by atoms with Crippen molar-refractivity contribution in [2.45, 2.75) is 31.7 Å². The van der Waals surface area contributed by atoms with E-state index in [0.29, 0.717) is 23.8 Å². The fourth-order valence-corrected chi connectivity index (χ4v) is 4.90. The van der Waals surface area contributed by atoms with Crippen molar-refractivity contribution in [2.75, 3.05) is 24.5 Å². The molecule has 0 aliphatic carbocycles. The number of aromatic nitrogens is 2. The van der Waals surface area contributed by atoms with Gasteiger partial charge in [-0.15, -0.1) is 0 Å². The van der Waals surface area contributed by atoms with Crippen LogP contribution in [0.25, 0.3) is 11.0 Å². The van der Waals surface area contributed by atoms with Gasteiger partial charge in [-0.05, 0) is 43.2 Å². The first-order valence-corrected chi connectivity index (χ1v) is 9.04. The first kappa shape index (κ1) is 14.2. The van der Waals surface area contributed by atoms with Crippen LogP contribution in [0.5, 0.6) is 0 Å². The second kappa shape index (κ2) is 5.43. The monoisotopic (exact) mass is 322 g/mol. The Labute approximate surface area is 141 Å².